The van der Waals surface area contributed by atoms with E-state index >= 15 is 0 Å². The van der Waals surface area contributed by atoms with Gasteiger partial charge in [0.1, 0.15) is 12.4 Å². The summed E-state index contributed by atoms with van der Waals surface area (Å²) in [5.74, 6) is 0.232. The van der Waals surface area contributed by atoms with E-state index in [2.05, 4.69) is 10.0 Å². The summed E-state index contributed by atoms with van der Waals surface area (Å²) in [6.07, 6.45) is 0. The molecule has 0 saturated heterocycles. The van der Waals surface area contributed by atoms with Gasteiger partial charge in [0.2, 0.25) is 0 Å². The highest BCUT2D eigenvalue weighted by molar-refractivity contribution is 7.92. The monoisotopic (exact) mass is 430 g/mol. The van der Waals surface area contributed by atoms with Gasteiger partial charge in [0, 0.05) is 5.02 Å². The fourth-order valence-corrected chi connectivity index (χ4v) is 3.76. The van der Waals surface area contributed by atoms with Crippen molar-refractivity contribution in [3.63, 3.8) is 0 Å². The van der Waals surface area contributed by atoms with Crippen LogP contribution in [0, 0.1) is 0 Å². The molecule has 6 nitrogen and oxygen atoms in total. The smallest absolute Gasteiger partial charge is 0.261 e. The number of carbonyl (C=O) groups is 1. The summed E-state index contributed by atoms with van der Waals surface area (Å²) >= 11 is 5.82. The highest BCUT2D eigenvalue weighted by atomic mass is 35.5. The van der Waals surface area contributed by atoms with Crippen LogP contribution in [0.3, 0.4) is 0 Å². The molecule has 3 rings (SSSR count). The molecule has 150 valence electrons. The second-order valence-electron chi connectivity index (χ2n) is 6.02. The van der Waals surface area contributed by atoms with Crippen LogP contribution < -0.4 is 14.8 Å². The molecule has 0 aliphatic rings. The van der Waals surface area contributed by atoms with Crippen molar-refractivity contribution in [2.45, 2.75) is 4.90 Å². The molecule has 0 unspecified atom stereocenters. The van der Waals surface area contributed by atoms with Gasteiger partial charge in [0.15, 0.2) is 0 Å². The highest BCUT2D eigenvalue weighted by Crippen LogP contribution is 2.20. The average molecular weight is 431 g/mol. The van der Waals surface area contributed by atoms with Crippen LogP contribution in [-0.2, 0) is 10.0 Å². The first-order valence-electron chi connectivity index (χ1n) is 8.79. The average Bonchev–Trinajstić information content (AvgIpc) is 2.73. The lowest BCUT2D eigenvalue weighted by molar-refractivity contribution is 0.0948. The molecule has 2 N–H and O–H groups in total. The number of hydrogen-bond donors (Lipinski definition) is 2. The summed E-state index contributed by atoms with van der Waals surface area (Å²) in [4.78, 5) is 12.6. The van der Waals surface area contributed by atoms with E-state index in [-0.39, 0.29) is 29.3 Å². The van der Waals surface area contributed by atoms with Crippen LogP contribution in [0.2, 0.25) is 5.02 Å². The molecule has 0 saturated carbocycles. The Morgan fingerprint density at radius 3 is 2.28 bits per heavy atom. The molecule has 0 heterocycles. The van der Waals surface area contributed by atoms with Gasteiger partial charge in [0.05, 0.1) is 22.7 Å². The number of hydrogen-bond acceptors (Lipinski definition) is 4. The summed E-state index contributed by atoms with van der Waals surface area (Å²) in [6, 6.07) is 21.3. The number of sulfonamides is 1. The van der Waals surface area contributed by atoms with Crippen molar-refractivity contribution in [3.8, 4) is 5.75 Å². The first kappa shape index (κ1) is 20.7. The summed E-state index contributed by atoms with van der Waals surface area (Å²) < 4.78 is 33.1. The van der Waals surface area contributed by atoms with Crippen molar-refractivity contribution in [3.05, 3.63) is 89.4 Å². The number of amides is 1. The van der Waals surface area contributed by atoms with Gasteiger partial charge in [-0.2, -0.15) is 0 Å². The van der Waals surface area contributed by atoms with Crippen molar-refractivity contribution in [2.24, 2.45) is 0 Å². The number of halogens is 1. The lowest BCUT2D eigenvalue weighted by Gasteiger charge is -2.13. The Morgan fingerprint density at radius 1 is 0.897 bits per heavy atom. The van der Waals surface area contributed by atoms with Gasteiger partial charge in [0.25, 0.3) is 15.9 Å². The second kappa shape index (κ2) is 9.45. The third-order valence-electron chi connectivity index (χ3n) is 3.94. The maximum atomic E-state index is 12.5. The van der Waals surface area contributed by atoms with E-state index in [1.165, 1.54) is 12.1 Å². The van der Waals surface area contributed by atoms with Gasteiger partial charge in [-0.3, -0.25) is 9.52 Å². The molecular weight excluding hydrogens is 412 g/mol. The summed E-state index contributed by atoms with van der Waals surface area (Å²) in [5.41, 5.74) is 0.422. The lowest BCUT2D eigenvalue weighted by atomic mass is 10.1. The summed E-state index contributed by atoms with van der Waals surface area (Å²) in [5, 5.41) is 3.33. The zero-order valence-electron chi connectivity index (χ0n) is 15.3. The van der Waals surface area contributed by atoms with E-state index in [0.717, 1.165) is 0 Å². The Morgan fingerprint density at radius 2 is 1.55 bits per heavy atom. The maximum Gasteiger partial charge on any atom is 0.261 e. The first-order valence-corrected chi connectivity index (χ1v) is 10.7. The highest BCUT2D eigenvalue weighted by Gasteiger charge is 2.18. The van der Waals surface area contributed by atoms with Crippen LogP contribution >= 0.6 is 11.6 Å². The molecule has 0 aromatic heterocycles. The molecule has 1 amide bonds. The first-order chi connectivity index (χ1) is 14.0. The maximum absolute atomic E-state index is 12.5. The van der Waals surface area contributed by atoms with Crippen molar-refractivity contribution >= 4 is 33.2 Å². The zero-order chi connectivity index (χ0) is 20.7. The van der Waals surface area contributed by atoms with Crippen LogP contribution in [0.25, 0.3) is 0 Å². The van der Waals surface area contributed by atoms with Crippen molar-refractivity contribution < 1.29 is 17.9 Å². The third kappa shape index (κ3) is 5.73. The number of carbonyl (C=O) groups excluding carboxylic acids is 1. The predicted molar refractivity (Wildman–Crippen MR) is 113 cm³/mol. The largest absolute Gasteiger partial charge is 0.492 e. The Balaban J connectivity index is 1.62. The molecule has 0 atom stereocenters. The number of nitrogens with one attached hydrogen (secondary N) is 2. The summed E-state index contributed by atoms with van der Waals surface area (Å²) in [6.45, 7) is 0.506. The van der Waals surface area contributed by atoms with Crippen LogP contribution in [-0.4, -0.2) is 27.5 Å². The van der Waals surface area contributed by atoms with Crippen LogP contribution in [0.4, 0.5) is 5.69 Å². The van der Waals surface area contributed by atoms with Gasteiger partial charge < -0.3 is 10.1 Å². The van der Waals surface area contributed by atoms with E-state index in [1.54, 1.807) is 66.7 Å². The molecule has 3 aromatic carbocycles. The van der Waals surface area contributed by atoms with Gasteiger partial charge >= 0.3 is 0 Å². The van der Waals surface area contributed by atoms with Crippen molar-refractivity contribution in [1.29, 1.82) is 0 Å². The number of anilines is 1. The molecule has 0 fully saturated rings. The topological polar surface area (TPSA) is 84.5 Å². The van der Waals surface area contributed by atoms with Gasteiger partial charge in [-0.1, -0.05) is 41.9 Å². The molecule has 0 bridgehead atoms. The van der Waals surface area contributed by atoms with Gasteiger partial charge in [-0.05, 0) is 48.5 Å². The molecule has 29 heavy (non-hydrogen) atoms. The summed E-state index contributed by atoms with van der Waals surface area (Å²) in [7, 11) is -3.80. The predicted octanol–water partition coefficient (Wildman–Crippen LogP) is 3.95. The minimum Gasteiger partial charge on any atom is -0.492 e. The van der Waals surface area contributed by atoms with E-state index in [1.807, 2.05) is 0 Å². The fraction of sp³-hybridized carbons (Fsp3) is 0.0952. The second-order valence-corrected chi connectivity index (χ2v) is 8.14. The standard InChI is InChI=1S/C21H19ClN2O4S/c22-16-10-12-17(13-11-16)28-15-14-23-21(25)19-8-4-5-9-20(19)24-29(26,27)18-6-2-1-3-7-18/h1-13,24H,14-15H2,(H,23,25). The van der Waals surface area contributed by atoms with Crippen molar-refractivity contribution in [2.75, 3.05) is 17.9 Å². The van der Waals surface area contributed by atoms with E-state index in [4.69, 9.17) is 16.3 Å². The van der Waals surface area contributed by atoms with E-state index in [0.29, 0.717) is 10.8 Å². The van der Waals surface area contributed by atoms with Gasteiger partial charge in [-0.15, -0.1) is 0 Å². The molecule has 3 aromatic rings. The fourth-order valence-electron chi connectivity index (χ4n) is 2.53. The number of ether oxygens (including phenoxy) is 1. The minimum absolute atomic E-state index is 0.117. The normalized spacial score (nSPS) is 10.9. The Labute approximate surface area is 174 Å². The van der Waals surface area contributed by atoms with Crippen LogP contribution in [0.5, 0.6) is 5.75 Å². The third-order valence-corrected chi connectivity index (χ3v) is 5.57. The molecule has 0 aliphatic heterocycles. The molecule has 8 heteroatoms. The zero-order valence-corrected chi connectivity index (χ0v) is 16.9. The number of rotatable bonds is 8. The van der Waals surface area contributed by atoms with Crippen LogP contribution in [0.15, 0.2) is 83.8 Å². The number of para-hydroxylation sites is 1. The van der Waals surface area contributed by atoms with E-state index in [9.17, 15) is 13.2 Å². The molecule has 0 radical (unpaired) electrons. The Bertz CT molecular complexity index is 1070. The van der Waals surface area contributed by atoms with Crippen LogP contribution in [0.1, 0.15) is 10.4 Å². The lowest BCUT2D eigenvalue weighted by Crippen LogP contribution is -2.29. The number of benzene rings is 3. The quantitative estimate of drug-likeness (QED) is 0.530. The molecule has 0 spiro atoms. The Hall–Kier alpha value is -3.03. The molecular formula is C21H19ClN2O4S. The Kier molecular flexibility index (Phi) is 6.74. The van der Waals surface area contributed by atoms with Gasteiger partial charge in [-0.25, -0.2) is 8.42 Å². The minimum atomic E-state index is -3.80. The van der Waals surface area contributed by atoms with Crippen molar-refractivity contribution in [1.82, 2.24) is 5.32 Å². The van der Waals surface area contributed by atoms with E-state index < -0.39 is 15.9 Å². The SMILES string of the molecule is O=C(NCCOc1ccc(Cl)cc1)c1ccccc1NS(=O)(=O)c1ccccc1. The molecule has 0 aliphatic carbocycles.